The molecule has 2 rings (SSSR count). The summed E-state index contributed by atoms with van der Waals surface area (Å²) in [6.07, 6.45) is 1.04. The molecule has 0 aliphatic carbocycles. The Balaban J connectivity index is 2.00. The highest BCUT2D eigenvalue weighted by molar-refractivity contribution is 5.94. The van der Waals surface area contributed by atoms with Crippen LogP contribution in [0, 0.1) is 5.41 Å². The molecule has 0 aliphatic heterocycles. The van der Waals surface area contributed by atoms with Gasteiger partial charge < -0.3 is 10.4 Å². The zero-order valence-electron chi connectivity index (χ0n) is 13.4. The van der Waals surface area contributed by atoms with Crippen molar-refractivity contribution in [3.05, 3.63) is 36.2 Å². The molecule has 0 saturated carbocycles. The third kappa shape index (κ3) is 3.92. The topological polar surface area (TPSA) is 80.0 Å². The molecule has 0 spiro atoms. The number of aryl methyl sites for hydroxylation is 1. The second kappa shape index (κ2) is 6.27. The van der Waals surface area contributed by atoms with Gasteiger partial charge in [-0.2, -0.15) is 5.10 Å². The zero-order chi connectivity index (χ0) is 16.3. The van der Waals surface area contributed by atoms with Gasteiger partial charge in [-0.3, -0.25) is 9.48 Å². The minimum absolute atomic E-state index is 0.205. The lowest BCUT2D eigenvalue weighted by Crippen LogP contribution is -2.39. The Labute approximate surface area is 130 Å². The van der Waals surface area contributed by atoms with E-state index in [0.717, 1.165) is 5.56 Å². The minimum Gasteiger partial charge on any atom is -0.391 e. The number of benzene rings is 1. The average molecular weight is 302 g/mol. The lowest BCUT2D eigenvalue weighted by Gasteiger charge is -2.25. The van der Waals surface area contributed by atoms with Gasteiger partial charge in [0, 0.05) is 24.7 Å². The van der Waals surface area contributed by atoms with Gasteiger partial charge in [-0.1, -0.05) is 32.9 Å². The largest absolute Gasteiger partial charge is 0.391 e. The highest BCUT2D eigenvalue weighted by Gasteiger charge is 2.22. The molecule has 1 atom stereocenters. The summed E-state index contributed by atoms with van der Waals surface area (Å²) in [6, 6.07) is 7.07. The first-order chi connectivity index (χ1) is 10.3. The van der Waals surface area contributed by atoms with E-state index in [1.807, 2.05) is 32.9 Å². The Morgan fingerprint density at radius 1 is 1.32 bits per heavy atom. The van der Waals surface area contributed by atoms with Crippen molar-refractivity contribution < 1.29 is 9.90 Å². The summed E-state index contributed by atoms with van der Waals surface area (Å²) in [5.41, 5.74) is 1.13. The van der Waals surface area contributed by atoms with Crippen LogP contribution >= 0.6 is 0 Å². The Bertz CT molecular complexity index is 641. The van der Waals surface area contributed by atoms with Gasteiger partial charge in [0.25, 0.3) is 5.91 Å². The molecule has 22 heavy (non-hydrogen) atoms. The van der Waals surface area contributed by atoms with Crippen molar-refractivity contribution in [1.29, 1.82) is 0 Å². The fourth-order valence-corrected chi connectivity index (χ4v) is 1.84. The molecule has 1 aromatic heterocycles. The Morgan fingerprint density at radius 3 is 2.45 bits per heavy atom. The smallest absolute Gasteiger partial charge is 0.251 e. The number of amides is 1. The third-order valence-corrected chi connectivity index (χ3v) is 3.46. The number of hydrogen-bond donors (Lipinski definition) is 2. The lowest BCUT2D eigenvalue weighted by atomic mass is 9.89. The van der Waals surface area contributed by atoms with Crippen molar-refractivity contribution in [1.82, 2.24) is 20.1 Å². The first-order valence-corrected chi connectivity index (χ1v) is 7.19. The molecule has 2 N–H and O–H groups in total. The number of aromatic nitrogens is 3. The molecule has 0 aliphatic rings. The van der Waals surface area contributed by atoms with Crippen molar-refractivity contribution in [3.63, 3.8) is 0 Å². The fraction of sp³-hybridized carbons (Fsp3) is 0.438. The van der Waals surface area contributed by atoms with E-state index in [-0.39, 0.29) is 17.9 Å². The zero-order valence-corrected chi connectivity index (χ0v) is 13.4. The minimum atomic E-state index is -0.589. The van der Waals surface area contributed by atoms with Crippen LogP contribution in [0.25, 0.3) is 11.4 Å². The molecule has 0 radical (unpaired) electrons. The molecular weight excluding hydrogens is 280 g/mol. The summed E-state index contributed by atoms with van der Waals surface area (Å²) < 4.78 is 1.63. The second-order valence-corrected chi connectivity index (χ2v) is 6.41. The SMILES string of the molecule is Cn1cnc(-c2ccc(C(=O)NCC(O)C(C)(C)C)cc2)n1. The van der Waals surface area contributed by atoms with Crippen LogP contribution in [0.2, 0.25) is 0 Å². The number of carbonyl (C=O) groups excluding carboxylic acids is 1. The maximum atomic E-state index is 12.1. The summed E-state index contributed by atoms with van der Waals surface area (Å²) in [5, 5.41) is 16.9. The van der Waals surface area contributed by atoms with Gasteiger partial charge in [-0.05, 0) is 17.5 Å². The summed E-state index contributed by atoms with van der Waals surface area (Å²) in [6.45, 7) is 6.02. The maximum absolute atomic E-state index is 12.1. The van der Waals surface area contributed by atoms with Crippen molar-refractivity contribution in [2.75, 3.05) is 6.54 Å². The van der Waals surface area contributed by atoms with Gasteiger partial charge in [0.05, 0.1) is 6.10 Å². The van der Waals surface area contributed by atoms with Crippen LogP contribution in [-0.4, -0.2) is 38.4 Å². The number of aliphatic hydroxyl groups excluding tert-OH is 1. The van der Waals surface area contributed by atoms with E-state index in [0.29, 0.717) is 11.4 Å². The number of carbonyl (C=O) groups is 1. The first-order valence-electron chi connectivity index (χ1n) is 7.19. The molecule has 6 heteroatoms. The Morgan fingerprint density at radius 2 is 1.95 bits per heavy atom. The molecule has 0 fully saturated rings. The quantitative estimate of drug-likeness (QED) is 0.899. The molecule has 1 amide bonds. The van der Waals surface area contributed by atoms with Gasteiger partial charge in [0.15, 0.2) is 5.82 Å². The van der Waals surface area contributed by atoms with Crippen LogP contribution in [0.5, 0.6) is 0 Å². The van der Waals surface area contributed by atoms with Crippen LogP contribution in [-0.2, 0) is 7.05 Å². The van der Waals surface area contributed by atoms with Gasteiger partial charge in [0.1, 0.15) is 6.33 Å². The Kier molecular flexibility index (Phi) is 4.61. The van der Waals surface area contributed by atoms with Crippen LogP contribution < -0.4 is 5.32 Å². The van der Waals surface area contributed by atoms with Crippen molar-refractivity contribution in [3.8, 4) is 11.4 Å². The molecule has 118 valence electrons. The second-order valence-electron chi connectivity index (χ2n) is 6.41. The fourth-order valence-electron chi connectivity index (χ4n) is 1.84. The van der Waals surface area contributed by atoms with Crippen LogP contribution in [0.3, 0.4) is 0 Å². The molecule has 1 unspecified atom stereocenters. The maximum Gasteiger partial charge on any atom is 0.251 e. The normalized spacial score (nSPS) is 13.0. The number of nitrogens with zero attached hydrogens (tertiary/aromatic N) is 3. The molecule has 6 nitrogen and oxygen atoms in total. The van der Waals surface area contributed by atoms with Crippen molar-refractivity contribution in [2.24, 2.45) is 12.5 Å². The number of hydrogen-bond acceptors (Lipinski definition) is 4. The summed E-state index contributed by atoms with van der Waals surface area (Å²) in [4.78, 5) is 16.2. The predicted molar refractivity (Wildman–Crippen MR) is 84.2 cm³/mol. The van der Waals surface area contributed by atoms with Crippen molar-refractivity contribution >= 4 is 5.91 Å². The van der Waals surface area contributed by atoms with Crippen LogP contribution in [0.15, 0.2) is 30.6 Å². The van der Waals surface area contributed by atoms with Gasteiger partial charge in [0.2, 0.25) is 0 Å². The monoisotopic (exact) mass is 302 g/mol. The third-order valence-electron chi connectivity index (χ3n) is 3.46. The predicted octanol–water partition coefficient (Wildman–Crippen LogP) is 1.62. The molecule has 2 aromatic rings. The molecule has 1 heterocycles. The number of aliphatic hydroxyl groups is 1. The summed E-state index contributed by atoms with van der Waals surface area (Å²) in [7, 11) is 1.80. The molecular formula is C16H22N4O2. The summed E-state index contributed by atoms with van der Waals surface area (Å²) in [5.74, 6) is 0.418. The van der Waals surface area contributed by atoms with E-state index in [1.54, 1.807) is 30.2 Å². The van der Waals surface area contributed by atoms with E-state index in [4.69, 9.17) is 0 Å². The van der Waals surface area contributed by atoms with Crippen molar-refractivity contribution in [2.45, 2.75) is 26.9 Å². The van der Waals surface area contributed by atoms with Crippen LogP contribution in [0.1, 0.15) is 31.1 Å². The van der Waals surface area contributed by atoms with E-state index in [9.17, 15) is 9.90 Å². The van der Waals surface area contributed by atoms with Gasteiger partial charge in [-0.15, -0.1) is 0 Å². The highest BCUT2D eigenvalue weighted by atomic mass is 16.3. The van der Waals surface area contributed by atoms with E-state index < -0.39 is 6.10 Å². The van der Waals surface area contributed by atoms with E-state index >= 15 is 0 Å². The van der Waals surface area contributed by atoms with Gasteiger partial charge in [-0.25, -0.2) is 4.98 Å². The lowest BCUT2D eigenvalue weighted by molar-refractivity contribution is 0.0587. The number of rotatable bonds is 4. The molecule has 0 bridgehead atoms. The van der Waals surface area contributed by atoms with E-state index in [1.165, 1.54) is 0 Å². The number of nitrogens with one attached hydrogen (secondary N) is 1. The standard InChI is InChI=1S/C16H22N4O2/c1-16(2,3)13(21)9-17-15(22)12-7-5-11(6-8-12)14-18-10-20(4)19-14/h5-8,10,13,21H,9H2,1-4H3,(H,17,22). The van der Waals surface area contributed by atoms with Crippen LogP contribution in [0.4, 0.5) is 0 Å². The highest BCUT2D eigenvalue weighted by Crippen LogP contribution is 2.18. The Hall–Kier alpha value is -2.21. The van der Waals surface area contributed by atoms with E-state index in [2.05, 4.69) is 15.4 Å². The average Bonchev–Trinajstić information content (AvgIpc) is 2.90. The first kappa shape index (κ1) is 16.2. The molecule has 1 aromatic carbocycles. The summed E-state index contributed by atoms with van der Waals surface area (Å²) >= 11 is 0. The molecule has 0 saturated heterocycles. The van der Waals surface area contributed by atoms with Gasteiger partial charge >= 0.3 is 0 Å².